The fourth-order valence-electron chi connectivity index (χ4n) is 1.37. The average molecular weight is 223 g/mol. The Morgan fingerprint density at radius 1 is 1.44 bits per heavy atom. The molecule has 0 bridgehead atoms. The number of benzene rings is 1. The second-order valence-electron chi connectivity index (χ2n) is 3.36. The summed E-state index contributed by atoms with van der Waals surface area (Å²) in [6.07, 6.45) is 0.136. The number of hydrogen-bond donors (Lipinski definition) is 2. The van der Waals surface area contributed by atoms with Crippen LogP contribution in [0.4, 0.5) is 5.69 Å². The summed E-state index contributed by atoms with van der Waals surface area (Å²) in [6.45, 7) is 4.22. The van der Waals surface area contributed by atoms with Gasteiger partial charge < -0.3 is 15.2 Å². The smallest absolute Gasteiger partial charge is 0.253 e. The molecule has 16 heavy (non-hydrogen) atoms. The molecule has 0 saturated heterocycles. The number of phenols is 1. The van der Waals surface area contributed by atoms with Crippen LogP contribution < -0.4 is 5.32 Å². The fourth-order valence-corrected chi connectivity index (χ4v) is 1.37. The Labute approximate surface area is 95.2 Å². The minimum atomic E-state index is -0.468. The molecular weight excluding hydrogens is 206 g/mol. The molecular formula is C12H17NO3. The Bertz CT molecular complexity index is 352. The van der Waals surface area contributed by atoms with Crippen LogP contribution in [0.3, 0.4) is 0 Å². The maximum atomic E-state index is 11.7. The number of aromatic hydroxyl groups is 1. The van der Waals surface area contributed by atoms with Crippen LogP contribution in [0.5, 0.6) is 5.75 Å². The average Bonchev–Trinajstić information content (AvgIpc) is 2.29. The highest BCUT2D eigenvalue weighted by molar-refractivity contribution is 5.95. The van der Waals surface area contributed by atoms with Crippen molar-refractivity contribution in [2.45, 2.75) is 26.4 Å². The molecule has 1 atom stereocenters. The molecule has 0 aliphatic rings. The summed E-state index contributed by atoms with van der Waals surface area (Å²) in [6, 6.07) is 6.62. The van der Waals surface area contributed by atoms with Crippen LogP contribution in [0.15, 0.2) is 24.3 Å². The highest BCUT2D eigenvalue weighted by atomic mass is 16.5. The van der Waals surface area contributed by atoms with Crippen LogP contribution in [-0.4, -0.2) is 23.7 Å². The zero-order chi connectivity index (χ0) is 12.0. The summed E-state index contributed by atoms with van der Waals surface area (Å²) in [5, 5.41) is 12.1. The molecule has 0 spiro atoms. The van der Waals surface area contributed by atoms with Crippen molar-refractivity contribution in [1.82, 2.24) is 0 Å². The van der Waals surface area contributed by atoms with E-state index in [4.69, 9.17) is 4.74 Å². The largest absolute Gasteiger partial charge is 0.506 e. The summed E-state index contributed by atoms with van der Waals surface area (Å²) < 4.78 is 5.27. The van der Waals surface area contributed by atoms with Crippen LogP contribution >= 0.6 is 0 Å². The lowest BCUT2D eigenvalue weighted by Gasteiger charge is -2.15. The third-order valence-electron chi connectivity index (χ3n) is 2.19. The Kier molecular flexibility index (Phi) is 4.79. The number of rotatable bonds is 5. The van der Waals surface area contributed by atoms with E-state index in [0.717, 1.165) is 0 Å². The normalized spacial score (nSPS) is 12.1. The molecule has 88 valence electrons. The number of nitrogens with one attached hydrogen (secondary N) is 1. The van der Waals surface area contributed by atoms with E-state index in [9.17, 15) is 9.90 Å². The molecule has 0 saturated carbocycles. The molecule has 4 heteroatoms. The van der Waals surface area contributed by atoms with Crippen LogP contribution in [0, 0.1) is 0 Å². The number of ether oxygens (including phenoxy) is 1. The van der Waals surface area contributed by atoms with Crippen molar-refractivity contribution in [2.24, 2.45) is 0 Å². The maximum absolute atomic E-state index is 11.7. The zero-order valence-corrected chi connectivity index (χ0v) is 9.56. The number of carbonyl (C=O) groups is 1. The third-order valence-corrected chi connectivity index (χ3v) is 2.19. The topological polar surface area (TPSA) is 58.6 Å². The van der Waals surface area contributed by atoms with E-state index in [1.807, 2.05) is 13.8 Å². The van der Waals surface area contributed by atoms with E-state index >= 15 is 0 Å². The number of para-hydroxylation sites is 2. The molecule has 1 aromatic rings. The predicted octanol–water partition coefficient (Wildman–Crippen LogP) is 2.15. The van der Waals surface area contributed by atoms with Crippen molar-refractivity contribution in [3.05, 3.63) is 24.3 Å². The van der Waals surface area contributed by atoms with Crippen LogP contribution in [-0.2, 0) is 9.53 Å². The lowest BCUT2D eigenvalue weighted by molar-refractivity contribution is -0.127. The van der Waals surface area contributed by atoms with Gasteiger partial charge in [0.2, 0.25) is 0 Å². The van der Waals surface area contributed by atoms with Gasteiger partial charge in [-0.2, -0.15) is 0 Å². The molecule has 2 N–H and O–H groups in total. The molecule has 0 fully saturated rings. The Balaban J connectivity index is 2.66. The standard InChI is InChI=1S/C12H17NO3/c1-3-11(16-4-2)12(15)13-9-7-5-6-8-10(9)14/h5-8,11,14H,3-4H2,1-2H3,(H,13,15)/t11-/m1/s1. The van der Waals surface area contributed by atoms with Gasteiger partial charge in [-0.05, 0) is 25.5 Å². The predicted molar refractivity (Wildman–Crippen MR) is 62.4 cm³/mol. The van der Waals surface area contributed by atoms with E-state index < -0.39 is 6.10 Å². The lowest BCUT2D eigenvalue weighted by Crippen LogP contribution is -2.29. The molecule has 0 aliphatic carbocycles. The van der Waals surface area contributed by atoms with Gasteiger partial charge in [0.1, 0.15) is 11.9 Å². The molecule has 1 rings (SSSR count). The van der Waals surface area contributed by atoms with Crippen LogP contribution in [0.2, 0.25) is 0 Å². The zero-order valence-electron chi connectivity index (χ0n) is 9.56. The van der Waals surface area contributed by atoms with Crippen LogP contribution in [0.1, 0.15) is 20.3 Å². The fraction of sp³-hybridized carbons (Fsp3) is 0.417. The van der Waals surface area contributed by atoms with E-state index in [0.29, 0.717) is 18.7 Å². The maximum Gasteiger partial charge on any atom is 0.253 e. The Morgan fingerprint density at radius 2 is 2.12 bits per heavy atom. The molecule has 1 aromatic carbocycles. The quantitative estimate of drug-likeness (QED) is 0.752. The van der Waals surface area contributed by atoms with Crippen molar-refractivity contribution < 1.29 is 14.6 Å². The third kappa shape index (κ3) is 3.24. The summed E-state index contributed by atoms with van der Waals surface area (Å²) in [5.41, 5.74) is 0.408. The molecule has 1 amide bonds. The van der Waals surface area contributed by atoms with Gasteiger partial charge >= 0.3 is 0 Å². The number of anilines is 1. The molecule has 0 heterocycles. The van der Waals surface area contributed by atoms with E-state index in [-0.39, 0.29) is 11.7 Å². The van der Waals surface area contributed by atoms with Gasteiger partial charge in [-0.3, -0.25) is 4.79 Å². The van der Waals surface area contributed by atoms with Gasteiger partial charge in [0.25, 0.3) is 5.91 Å². The van der Waals surface area contributed by atoms with Crippen LogP contribution in [0.25, 0.3) is 0 Å². The van der Waals surface area contributed by atoms with Crippen molar-refractivity contribution >= 4 is 11.6 Å². The second kappa shape index (κ2) is 6.12. The number of phenolic OH excluding ortho intramolecular Hbond substituents is 1. The minimum absolute atomic E-state index is 0.0576. The van der Waals surface area contributed by atoms with Gasteiger partial charge in [-0.25, -0.2) is 0 Å². The number of hydrogen-bond acceptors (Lipinski definition) is 3. The molecule has 4 nitrogen and oxygen atoms in total. The lowest BCUT2D eigenvalue weighted by atomic mass is 10.2. The van der Waals surface area contributed by atoms with E-state index in [1.165, 1.54) is 6.07 Å². The minimum Gasteiger partial charge on any atom is -0.506 e. The first-order valence-electron chi connectivity index (χ1n) is 5.39. The molecule has 0 aliphatic heterocycles. The molecule has 0 radical (unpaired) electrons. The van der Waals surface area contributed by atoms with Crippen molar-refractivity contribution in [1.29, 1.82) is 0 Å². The van der Waals surface area contributed by atoms with E-state index in [1.54, 1.807) is 18.2 Å². The SMILES string of the molecule is CCO[C@H](CC)C(=O)Nc1ccccc1O. The van der Waals surface area contributed by atoms with Gasteiger partial charge in [-0.15, -0.1) is 0 Å². The summed E-state index contributed by atoms with van der Waals surface area (Å²) in [7, 11) is 0. The monoisotopic (exact) mass is 223 g/mol. The number of carbonyl (C=O) groups excluding carboxylic acids is 1. The number of amides is 1. The van der Waals surface area contributed by atoms with Gasteiger partial charge in [0.05, 0.1) is 5.69 Å². The highest BCUT2D eigenvalue weighted by Gasteiger charge is 2.17. The first-order chi connectivity index (χ1) is 7.69. The van der Waals surface area contributed by atoms with Gasteiger partial charge in [0.15, 0.2) is 0 Å². The summed E-state index contributed by atoms with van der Waals surface area (Å²) >= 11 is 0. The molecule has 0 aromatic heterocycles. The highest BCUT2D eigenvalue weighted by Crippen LogP contribution is 2.21. The molecule has 0 unspecified atom stereocenters. The second-order valence-corrected chi connectivity index (χ2v) is 3.36. The first-order valence-corrected chi connectivity index (χ1v) is 5.39. The Morgan fingerprint density at radius 3 is 2.69 bits per heavy atom. The first kappa shape index (κ1) is 12.5. The Hall–Kier alpha value is -1.55. The van der Waals surface area contributed by atoms with Gasteiger partial charge in [-0.1, -0.05) is 19.1 Å². The van der Waals surface area contributed by atoms with Gasteiger partial charge in [0, 0.05) is 6.61 Å². The van der Waals surface area contributed by atoms with Crippen molar-refractivity contribution in [2.75, 3.05) is 11.9 Å². The van der Waals surface area contributed by atoms with Crippen molar-refractivity contribution in [3.63, 3.8) is 0 Å². The summed E-state index contributed by atoms with van der Waals surface area (Å²) in [4.78, 5) is 11.7. The van der Waals surface area contributed by atoms with E-state index in [2.05, 4.69) is 5.32 Å². The summed E-state index contributed by atoms with van der Waals surface area (Å²) in [5.74, 6) is -0.173. The van der Waals surface area contributed by atoms with Crippen molar-refractivity contribution in [3.8, 4) is 5.75 Å².